The zero-order valence-corrected chi connectivity index (χ0v) is 18.7. The number of pyridine rings is 1. The van der Waals surface area contributed by atoms with Gasteiger partial charge in [-0.3, -0.25) is 4.79 Å². The van der Waals surface area contributed by atoms with Gasteiger partial charge in [-0.05, 0) is 24.3 Å². The van der Waals surface area contributed by atoms with E-state index >= 15 is 0 Å². The predicted octanol–water partition coefficient (Wildman–Crippen LogP) is 3.76. The molecule has 1 aliphatic heterocycles. The van der Waals surface area contributed by atoms with Crippen LogP contribution in [0.25, 0.3) is 10.8 Å². The lowest BCUT2D eigenvalue weighted by atomic mass is 9.94. The molecule has 2 aromatic heterocycles. The first-order chi connectivity index (χ1) is 15.7. The average Bonchev–Trinajstić information content (AvgIpc) is 2.88. The smallest absolute Gasteiger partial charge is 0.256 e. The number of carbonyl (C=O) groups is 1. The van der Waals surface area contributed by atoms with Crippen LogP contribution in [0.15, 0.2) is 48.9 Å². The van der Waals surface area contributed by atoms with Gasteiger partial charge in [-0.1, -0.05) is 43.5 Å². The van der Waals surface area contributed by atoms with Gasteiger partial charge in [-0.25, -0.2) is 15.0 Å². The van der Waals surface area contributed by atoms with Crippen LogP contribution in [0.5, 0.6) is 0 Å². The molecule has 2 fully saturated rings. The van der Waals surface area contributed by atoms with Gasteiger partial charge in [0, 0.05) is 63.2 Å². The van der Waals surface area contributed by atoms with E-state index in [4.69, 9.17) is 4.98 Å². The molecule has 0 spiro atoms. The Balaban J connectivity index is 1.38. The van der Waals surface area contributed by atoms with Crippen molar-refractivity contribution in [2.24, 2.45) is 0 Å². The first-order valence-corrected chi connectivity index (χ1v) is 11.6. The van der Waals surface area contributed by atoms with Gasteiger partial charge in [0.15, 0.2) is 0 Å². The number of nitrogens with zero attached hydrogens (tertiary/aromatic N) is 6. The number of benzene rings is 1. The Morgan fingerprint density at radius 3 is 2.25 bits per heavy atom. The van der Waals surface area contributed by atoms with E-state index in [9.17, 15) is 4.79 Å². The fourth-order valence-corrected chi connectivity index (χ4v) is 5.00. The van der Waals surface area contributed by atoms with E-state index in [0.717, 1.165) is 61.6 Å². The molecular weight excluding hydrogens is 400 g/mol. The first kappa shape index (κ1) is 20.7. The van der Waals surface area contributed by atoms with Crippen LogP contribution >= 0.6 is 0 Å². The van der Waals surface area contributed by atoms with Crippen molar-refractivity contribution in [3.8, 4) is 0 Å². The van der Waals surface area contributed by atoms with Crippen molar-refractivity contribution < 1.29 is 4.79 Å². The minimum absolute atomic E-state index is 0.0817. The summed E-state index contributed by atoms with van der Waals surface area (Å²) in [6.45, 7) is 3.35. The molecule has 0 radical (unpaired) electrons. The maximum absolute atomic E-state index is 13.4. The van der Waals surface area contributed by atoms with Crippen molar-refractivity contribution in [1.82, 2.24) is 19.9 Å². The van der Waals surface area contributed by atoms with Crippen LogP contribution in [0.2, 0.25) is 0 Å². The van der Waals surface area contributed by atoms with Gasteiger partial charge < -0.3 is 14.7 Å². The Morgan fingerprint density at radius 1 is 0.875 bits per heavy atom. The molecule has 1 aliphatic carbocycles. The quantitative estimate of drug-likeness (QED) is 0.628. The number of anilines is 2. The monoisotopic (exact) mass is 430 g/mol. The van der Waals surface area contributed by atoms with Crippen LogP contribution < -0.4 is 9.80 Å². The highest BCUT2D eigenvalue weighted by molar-refractivity contribution is 6.09. The number of amides is 1. The highest BCUT2D eigenvalue weighted by atomic mass is 16.2. The normalized spacial score (nSPS) is 17.5. The van der Waals surface area contributed by atoms with Crippen molar-refractivity contribution in [3.05, 3.63) is 54.5 Å². The van der Waals surface area contributed by atoms with Crippen LogP contribution in [0.1, 0.15) is 42.5 Å². The molecule has 5 rings (SSSR count). The van der Waals surface area contributed by atoms with Gasteiger partial charge in [-0.15, -0.1) is 0 Å². The van der Waals surface area contributed by atoms with E-state index < -0.39 is 0 Å². The lowest BCUT2D eigenvalue weighted by Crippen LogP contribution is -2.47. The number of piperazine rings is 1. The van der Waals surface area contributed by atoms with Gasteiger partial charge in [0.25, 0.3) is 5.91 Å². The first-order valence-electron chi connectivity index (χ1n) is 11.6. The van der Waals surface area contributed by atoms with E-state index in [2.05, 4.69) is 31.9 Å². The minimum atomic E-state index is 0.0817. The third kappa shape index (κ3) is 3.99. The van der Waals surface area contributed by atoms with Gasteiger partial charge in [0.2, 0.25) is 5.95 Å². The van der Waals surface area contributed by atoms with Gasteiger partial charge in [0.05, 0.1) is 5.56 Å². The fourth-order valence-electron chi connectivity index (χ4n) is 5.00. The van der Waals surface area contributed by atoms with E-state index in [1.54, 1.807) is 18.6 Å². The molecule has 1 aromatic carbocycles. The molecule has 1 saturated carbocycles. The molecular formula is C25H30N6O. The summed E-state index contributed by atoms with van der Waals surface area (Å²) in [5.74, 6) is 1.81. The van der Waals surface area contributed by atoms with Crippen molar-refractivity contribution in [1.29, 1.82) is 0 Å². The van der Waals surface area contributed by atoms with Gasteiger partial charge in [0.1, 0.15) is 5.82 Å². The molecule has 2 aliphatic rings. The summed E-state index contributed by atoms with van der Waals surface area (Å²) >= 11 is 0. The lowest BCUT2D eigenvalue weighted by molar-refractivity contribution is 0.0698. The van der Waals surface area contributed by atoms with Crippen molar-refractivity contribution in [2.75, 3.05) is 43.0 Å². The highest BCUT2D eigenvalue weighted by Crippen LogP contribution is 2.30. The summed E-state index contributed by atoms with van der Waals surface area (Å²) < 4.78 is 0. The number of rotatable bonds is 4. The molecule has 0 bridgehead atoms. The number of carbonyl (C=O) groups excluding carboxylic acids is 1. The van der Waals surface area contributed by atoms with Crippen molar-refractivity contribution in [3.63, 3.8) is 0 Å². The topological polar surface area (TPSA) is 65.5 Å². The summed E-state index contributed by atoms with van der Waals surface area (Å²) in [4.78, 5) is 33.4. The lowest BCUT2D eigenvalue weighted by Gasteiger charge is -2.36. The van der Waals surface area contributed by atoms with Gasteiger partial charge in [-0.2, -0.15) is 0 Å². The molecule has 0 unspecified atom stereocenters. The molecule has 7 nitrogen and oxygen atoms in total. The Hall–Kier alpha value is -3.22. The molecule has 1 amide bonds. The van der Waals surface area contributed by atoms with E-state index in [1.807, 2.05) is 30.1 Å². The Morgan fingerprint density at radius 2 is 1.53 bits per heavy atom. The second-order valence-electron chi connectivity index (χ2n) is 8.77. The van der Waals surface area contributed by atoms with Crippen LogP contribution in [-0.2, 0) is 0 Å². The summed E-state index contributed by atoms with van der Waals surface area (Å²) in [6.07, 6.45) is 11.2. The maximum atomic E-state index is 13.4. The van der Waals surface area contributed by atoms with Crippen molar-refractivity contribution in [2.45, 2.75) is 38.1 Å². The maximum Gasteiger partial charge on any atom is 0.256 e. The van der Waals surface area contributed by atoms with E-state index in [0.29, 0.717) is 11.6 Å². The summed E-state index contributed by atoms with van der Waals surface area (Å²) in [5, 5.41) is 2.03. The van der Waals surface area contributed by atoms with Crippen molar-refractivity contribution >= 4 is 28.4 Å². The summed E-state index contributed by atoms with van der Waals surface area (Å²) in [5.41, 5.74) is 0.703. The molecule has 0 atom stereocenters. The average molecular weight is 431 g/mol. The molecule has 32 heavy (non-hydrogen) atoms. The van der Waals surface area contributed by atoms with Gasteiger partial charge >= 0.3 is 0 Å². The molecule has 7 heteroatoms. The van der Waals surface area contributed by atoms with E-state index in [-0.39, 0.29) is 5.91 Å². The van der Waals surface area contributed by atoms with Crippen LogP contribution in [-0.4, -0.2) is 65.0 Å². The molecule has 3 aromatic rings. The number of aromatic nitrogens is 3. The standard InChI is InChI=1S/C25H30N6O/c1-29(19-8-3-2-4-9-19)24(32)22-18-28-23(21-11-6-5-10-20(21)22)30-14-16-31(17-15-30)25-26-12-7-13-27-25/h5-7,10-13,18-19H,2-4,8-9,14-17H2,1H3. The molecule has 0 N–H and O–H groups in total. The number of hydrogen-bond donors (Lipinski definition) is 0. The third-order valence-electron chi connectivity index (χ3n) is 6.86. The van der Waals surface area contributed by atoms with E-state index in [1.165, 1.54) is 19.3 Å². The van der Waals surface area contributed by atoms with Crippen LogP contribution in [0.4, 0.5) is 11.8 Å². The number of hydrogen-bond acceptors (Lipinski definition) is 6. The second-order valence-corrected chi connectivity index (χ2v) is 8.77. The Labute approximate surface area is 189 Å². The summed E-state index contributed by atoms with van der Waals surface area (Å²) in [7, 11) is 1.95. The Kier molecular flexibility index (Phi) is 5.88. The SMILES string of the molecule is CN(C(=O)c1cnc(N2CCN(c3ncccn3)CC2)c2ccccc12)C1CCCCC1. The zero-order chi connectivity index (χ0) is 21.9. The third-order valence-corrected chi connectivity index (χ3v) is 6.86. The molecule has 1 saturated heterocycles. The second kappa shape index (κ2) is 9.10. The fraction of sp³-hybridized carbons (Fsp3) is 0.440. The summed E-state index contributed by atoms with van der Waals surface area (Å²) in [6, 6.07) is 10.3. The predicted molar refractivity (Wildman–Crippen MR) is 127 cm³/mol. The molecule has 3 heterocycles. The highest BCUT2D eigenvalue weighted by Gasteiger charge is 2.26. The number of fused-ring (bicyclic) bond motifs is 1. The minimum Gasteiger partial charge on any atom is -0.353 e. The largest absolute Gasteiger partial charge is 0.353 e. The Bertz CT molecular complexity index is 1070. The molecule has 166 valence electrons. The van der Waals surface area contributed by atoms with Crippen LogP contribution in [0, 0.1) is 0 Å². The van der Waals surface area contributed by atoms with Crippen LogP contribution in [0.3, 0.4) is 0 Å². The zero-order valence-electron chi connectivity index (χ0n) is 18.7.